The van der Waals surface area contributed by atoms with Crippen LogP contribution in [0.5, 0.6) is 0 Å². The van der Waals surface area contributed by atoms with Crippen LogP contribution < -0.4 is 0 Å². The summed E-state index contributed by atoms with van der Waals surface area (Å²) in [5.74, 6) is 0. The van der Waals surface area contributed by atoms with E-state index in [4.69, 9.17) is 4.74 Å². The first kappa shape index (κ1) is 17.1. The molecule has 0 aliphatic carbocycles. The number of aliphatic hydroxyl groups is 1. The van der Waals surface area contributed by atoms with Gasteiger partial charge in [0.05, 0.1) is 25.9 Å². The lowest BCUT2D eigenvalue weighted by molar-refractivity contribution is -0.00571. The standard InChI is InChI=1S/C18H26N4O2/c23-18(13-24-12-16-6-2-1-3-7-16)11-21-9-5-4-8-17(21)10-22-15-19-14-20-22/h1-3,6-7,14-15,17-18,23H,4-5,8-13H2/t17-,18+/m0/s1. The third kappa shape index (κ3) is 5.12. The van der Waals surface area contributed by atoms with Crippen molar-refractivity contribution >= 4 is 0 Å². The molecule has 1 fully saturated rings. The van der Waals surface area contributed by atoms with Gasteiger partial charge in [-0.2, -0.15) is 5.10 Å². The van der Waals surface area contributed by atoms with Crippen molar-refractivity contribution in [3.05, 3.63) is 48.5 Å². The number of piperidine rings is 1. The summed E-state index contributed by atoms with van der Waals surface area (Å²) in [5, 5.41) is 14.5. The third-order valence-electron chi connectivity index (χ3n) is 4.48. The Morgan fingerprint density at radius 2 is 2.12 bits per heavy atom. The highest BCUT2D eigenvalue weighted by atomic mass is 16.5. The van der Waals surface area contributed by atoms with Crippen molar-refractivity contribution in [2.75, 3.05) is 19.7 Å². The summed E-state index contributed by atoms with van der Waals surface area (Å²) in [6.07, 6.45) is 6.41. The lowest BCUT2D eigenvalue weighted by Crippen LogP contribution is -2.46. The molecule has 6 heteroatoms. The van der Waals surface area contributed by atoms with E-state index in [1.807, 2.05) is 35.0 Å². The van der Waals surface area contributed by atoms with Crippen molar-refractivity contribution < 1.29 is 9.84 Å². The van der Waals surface area contributed by atoms with Crippen LogP contribution in [0.2, 0.25) is 0 Å². The van der Waals surface area contributed by atoms with E-state index in [1.165, 1.54) is 12.8 Å². The highest BCUT2D eigenvalue weighted by Crippen LogP contribution is 2.18. The molecule has 2 heterocycles. The van der Waals surface area contributed by atoms with E-state index >= 15 is 0 Å². The van der Waals surface area contributed by atoms with E-state index in [2.05, 4.69) is 15.0 Å². The summed E-state index contributed by atoms with van der Waals surface area (Å²) in [5.41, 5.74) is 1.13. The van der Waals surface area contributed by atoms with Gasteiger partial charge in [0.1, 0.15) is 12.7 Å². The number of hydrogen-bond acceptors (Lipinski definition) is 5. The summed E-state index contributed by atoms with van der Waals surface area (Å²) in [7, 11) is 0. The summed E-state index contributed by atoms with van der Waals surface area (Å²) < 4.78 is 7.54. The van der Waals surface area contributed by atoms with E-state index in [0.29, 0.717) is 25.8 Å². The first-order valence-corrected chi connectivity index (χ1v) is 8.67. The second kappa shape index (κ2) is 8.92. The molecular formula is C18H26N4O2. The van der Waals surface area contributed by atoms with Crippen molar-refractivity contribution in [1.82, 2.24) is 19.7 Å². The van der Waals surface area contributed by atoms with Crippen LogP contribution in [-0.2, 0) is 17.9 Å². The Balaban J connectivity index is 1.44. The van der Waals surface area contributed by atoms with E-state index in [0.717, 1.165) is 25.1 Å². The maximum atomic E-state index is 10.3. The van der Waals surface area contributed by atoms with Gasteiger partial charge in [0.25, 0.3) is 0 Å². The molecule has 2 aromatic rings. The minimum Gasteiger partial charge on any atom is -0.389 e. The predicted molar refractivity (Wildman–Crippen MR) is 91.3 cm³/mol. The second-order valence-corrected chi connectivity index (χ2v) is 6.42. The smallest absolute Gasteiger partial charge is 0.137 e. The van der Waals surface area contributed by atoms with Crippen LogP contribution in [-0.4, -0.2) is 56.6 Å². The van der Waals surface area contributed by atoms with Gasteiger partial charge in [0.15, 0.2) is 0 Å². The topological polar surface area (TPSA) is 63.4 Å². The van der Waals surface area contributed by atoms with Gasteiger partial charge in [0.2, 0.25) is 0 Å². The minimum atomic E-state index is -0.468. The quantitative estimate of drug-likeness (QED) is 0.798. The molecule has 24 heavy (non-hydrogen) atoms. The number of aliphatic hydroxyl groups excluding tert-OH is 1. The van der Waals surface area contributed by atoms with Crippen molar-refractivity contribution in [1.29, 1.82) is 0 Å². The number of likely N-dealkylation sites (tertiary alicyclic amines) is 1. The molecule has 2 atom stereocenters. The fourth-order valence-electron chi connectivity index (χ4n) is 3.26. The maximum absolute atomic E-state index is 10.3. The molecule has 0 spiro atoms. The van der Waals surface area contributed by atoms with Gasteiger partial charge < -0.3 is 9.84 Å². The Hall–Kier alpha value is -1.76. The number of β-amino-alcohol motifs (C(OH)–C–C–N with tert-alkyl or cyclic N) is 1. The molecule has 130 valence electrons. The third-order valence-corrected chi connectivity index (χ3v) is 4.48. The molecule has 0 saturated carbocycles. The number of nitrogens with zero attached hydrogens (tertiary/aromatic N) is 4. The Morgan fingerprint density at radius 1 is 1.25 bits per heavy atom. The van der Waals surface area contributed by atoms with Gasteiger partial charge in [0, 0.05) is 12.6 Å². The Morgan fingerprint density at radius 3 is 2.92 bits per heavy atom. The monoisotopic (exact) mass is 330 g/mol. The van der Waals surface area contributed by atoms with Crippen LogP contribution in [0.4, 0.5) is 0 Å². The minimum absolute atomic E-state index is 0.363. The van der Waals surface area contributed by atoms with Crippen LogP contribution >= 0.6 is 0 Å². The maximum Gasteiger partial charge on any atom is 0.137 e. The van der Waals surface area contributed by atoms with E-state index in [1.54, 1.807) is 12.7 Å². The molecule has 0 bridgehead atoms. The Kier molecular flexibility index (Phi) is 6.34. The van der Waals surface area contributed by atoms with E-state index in [-0.39, 0.29) is 0 Å². The molecule has 1 aromatic carbocycles. The molecule has 1 aliphatic heterocycles. The SMILES string of the molecule is O[C@@H](COCc1ccccc1)CN1CCCC[C@H]1Cn1cncn1. The molecule has 6 nitrogen and oxygen atoms in total. The van der Waals surface area contributed by atoms with Crippen molar-refractivity contribution in [3.8, 4) is 0 Å². The number of hydrogen-bond donors (Lipinski definition) is 1. The van der Waals surface area contributed by atoms with Crippen LogP contribution in [0.3, 0.4) is 0 Å². The van der Waals surface area contributed by atoms with Crippen LogP contribution in [0.1, 0.15) is 24.8 Å². The van der Waals surface area contributed by atoms with E-state index in [9.17, 15) is 5.11 Å². The Bertz CT molecular complexity index is 576. The van der Waals surface area contributed by atoms with Crippen LogP contribution in [0.25, 0.3) is 0 Å². The molecule has 1 N–H and O–H groups in total. The largest absolute Gasteiger partial charge is 0.389 e. The van der Waals surface area contributed by atoms with Gasteiger partial charge in [-0.3, -0.25) is 9.58 Å². The normalized spacial score (nSPS) is 20.1. The van der Waals surface area contributed by atoms with Crippen molar-refractivity contribution in [2.24, 2.45) is 0 Å². The first-order valence-electron chi connectivity index (χ1n) is 8.67. The van der Waals surface area contributed by atoms with Gasteiger partial charge in [-0.25, -0.2) is 4.98 Å². The molecule has 0 amide bonds. The number of aromatic nitrogens is 3. The van der Waals surface area contributed by atoms with Gasteiger partial charge >= 0.3 is 0 Å². The number of rotatable bonds is 8. The molecular weight excluding hydrogens is 304 g/mol. The summed E-state index contributed by atoms with van der Waals surface area (Å²) in [6.45, 7) is 3.41. The zero-order chi connectivity index (χ0) is 16.6. The first-order chi connectivity index (χ1) is 11.8. The van der Waals surface area contributed by atoms with Crippen LogP contribution in [0, 0.1) is 0 Å². The van der Waals surface area contributed by atoms with Crippen LogP contribution in [0.15, 0.2) is 43.0 Å². The molecule has 1 aliphatic rings. The molecule has 3 rings (SSSR count). The average molecular weight is 330 g/mol. The highest BCUT2D eigenvalue weighted by Gasteiger charge is 2.25. The fraction of sp³-hybridized carbons (Fsp3) is 0.556. The van der Waals surface area contributed by atoms with Gasteiger partial charge in [-0.05, 0) is 24.9 Å². The lowest BCUT2D eigenvalue weighted by Gasteiger charge is -2.36. The second-order valence-electron chi connectivity index (χ2n) is 6.42. The molecule has 0 radical (unpaired) electrons. The number of ether oxygens (including phenoxy) is 1. The Labute approximate surface area is 143 Å². The molecule has 0 unspecified atom stereocenters. The predicted octanol–water partition coefficient (Wildman–Crippen LogP) is 1.71. The van der Waals surface area contributed by atoms with Gasteiger partial charge in [-0.15, -0.1) is 0 Å². The van der Waals surface area contributed by atoms with E-state index < -0.39 is 6.10 Å². The highest BCUT2D eigenvalue weighted by molar-refractivity contribution is 5.13. The van der Waals surface area contributed by atoms with Gasteiger partial charge in [-0.1, -0.05) is 36.8 Å². The zero-order valence-corrected chi connectivity index (χ0v) is 14.0. The summed E-state index contributed by atoms with van der Waals surface area (Å²) >= 11 is 0. The molecule has 1 aromatic heterocycles. The zero-order valence-electron chi connectivity index (χ0n) is 14.0. The summed E-state index contributed by atoms with van der Waals surface area (Å²) in [4.78, 5) is 6.37. The van der Waals surface area contributed by atoms with Crippen molar-refractivity contribution in [2.45, 2.75) is 44.6 Å². The summed E-state index contributed by atoms with van der Waals surface area (Å²) in [6, 6.07) is 10.5. The van der Waals surface area contributed by atoms with Crippen molar-refractivity contribution in [3.63, 3.8) is 0 Å². The average Bonchev–Trinajstić information content (AvgIpc) is 3.11. The number of benzene rings is 1. The fourth-order valence-corrected chi connectivity index (χ4v) is 3.26. The molecule has 1 saturated heterocycles. The lowest BCUT2D eigenvalue weighted by atomic mass is 10.0.